The van der Waals surface area contributed by atoms with Crippen molar-refractivity contribution >= 4 is 11.6 Å². The summed E-state index contributed by atoms with van der Waals surface area (Å²) in [5.74, 6) is -0.390. The summed E-state index contributed by atoms with van der Waals surface area (Å²) in [5.41, 5.74) is 5.71. The summed E-state index contributed by atoms with van der Waals surface area (Å²) >= 11 is 0. The summed E-state index contributed by atoms with van der Waals surface area (Å²) in [5, 5.41) is 8.60. The Balaban J connectivity index is 1.36. The second-order valence-electron chi connectivity index (χ2n) is 7.96. The van der Waals surface area contributed by atoms with Gasteiger partial charge in [-0.3, -0.25) is 4.79 Å². The molecule has 160 valence electrons. The lowest BCUT2D eigenvalue weighted by molar-refractivity contribution is -0.141. The average molecular weight is 420 g/mol. The molecule has 0 N–H and O–H groups in total. The lowest BCUT2D eigenvalue weighted by Crippen LogP contribution is -2.36. The van der Waals surface area contributed by atoms with E-state index in [0.29, 0.717) is 19.4 Å². The minimum Gasteiger partial charge on any atom is -0.382 e. The number of carbonyl (C=O) groups excluding carboxylic acids is 1. The average Bonchev–Trinajstić information content (AvgIpc) is 3.35. The van der Waals surface area contributed by atoms with Crippen molar-refractivity contribution in [2.24, 2.45) is 5.16 Å². The Labute approximate surface area is 180 Å². The lowest BCUT2D eigenvalue weighted by Gasteiger charge is -2.20. The van der Waals surface area contributed by atoms with Gasteiger partial charge in [0.2, 0.25) is 6.10 Å². The van der Waals surface area contributed by atoms with E-state index in [4.69, 9.17) is 4.84 Å². The van der Waals surface area contributed by atoms with Gasteiger partial charge in [-0.1, -0.05) is 29.4 Å². The van der Waals surface area contributed by atoms with Crippen LogP contribution in [0.2, 0.25) is 0 Å². The summed E-state index contributed by atoms with van der Waals surface area (Å²) in [6.07, 6.45) is 0.352. The van der Waals surface area contributed by atoms with Crippen LogP contribution in [0.4, 0.5) is 4.39 Å². The molecule has 6 nitrogen and oxygen atoms in total. The zero-order valence-electron chi connectivity index (χ0n) is 17.9. The van der Waals surface area contributed by atoms with Gasteiger partial charge in [0.05, 0.1) is 17.1 Å². The van der Waals surface area contributed by atoms with E-state index in [0.717, 1.165) is 33.9 Å². The normalized spacial score (nSPS) is 15.5. The molecule has 0 aliphatic carbocycles. The molecular formula is C24H25FN4O2. The summed E-state index contributed by atoms with van der Waals surface area (Å²) in [6, 6.07) is 16.3. The summed E-state index contributed by atoms with van der Waals surface area (Å²) in [7, 11) is 1.76. The van der Waals surface area contributed by atoms with Crippen LogP contribution in [0.3, 0.4) is 0 Å². The van der Waals surface area contributed by atoms with Gasteiger partial charge in [-0.15, -0.1) is 0 Å². The number of aryl methyl sites for hydroxylation is 2. The first-order valence-electron chi connectivity index (χ1n) is 10.2. The number of likely N-dealkylation sites (N-methyl/N-ethyl adjacent to an activating group) is 1. The molecule has 0 unspecified atom stereocenters. The molecule has 1 amide bonds. The Bertz CT molecular complexity index is 1120. The molecule has 3 aromatic rings. The van der Waals surface area contributed by atoms with Crippen LogP contribution in [0.25, 0.3) is 5.69 Å². The Kier molecular flexibility index (Phi) is 5.84. The number of hydrogen-bond acceptors (Lipinski definition) is 4. The third kappa shape index (κ3) is 4.82. The molecule has 0 spiro atoms. The van der Waals surface area contributed by atoms with Gasteiger partial charge >= 0.3 is 0 Å². The summed E-state index contributed by atoms with van der Waals surface area (Å²) in [6.45, 7) is 4.44. The SMILES string of the molecule is Cc1cc(C)n(-c2cccc(CN(C)C(=O)[C@@H]3CC(Cc4ccc(F)cc4)=NO3)c2)n1. The Morgan fingerprint density at radius 2 is 1.94 bits per heavy atom. The number of aromatic nitrogens is 2. The fourth-order valence-electron chi connectivity index (χ4n) is 3.78. The number of carbonyl (C=O) groups is 1. The molecule has 1 atom stereocenters. The molecule has 0 fully saturated rings. The van der Waals surface area contributed by atoms with Crippen molar-refractivity contribution in [3.63, 3.8) is 0 Å². The molecule has 2 aromatic carbocycles. The van der Waals surface area contributed by atoms with Gasteiger partial charge < -0.3 is 9.74 Å². The van der Waals surface area contributed by atoms with Crippen LogP contribution >= 0.6 is 0 Å². The van der Waals surface area contributed by atoms with Gasteiger partial charge in [0.25, 0.3) is 5.91 Å². The zero-order chi connectivity index (χ0) is 22.0. The monoisotopic (exact) mass is 420 g/mol. The van der Waals surface area contributed by atoms with Crippen molar-refractivity contribution < 1.29 is 14.0 Å². The molecular weight excluding hydrogens is 395 g/mol. The van der Waals surface area contributed by atoms with Crippen LogP contribution in [-0.4, -0.2) is 39.5 Å². The van der Waals surface area contributed by atoms with Crippen LogP contribution in [0.1, 0.15) is 28.9 Å². The van der Waals surface area contributed by atoms with E-state index in [1.165, 1.54) is 12.1 Å². The molecule has 0 radical (unpaired) electrons. The topological polar surface area (TPSA) is 59.7 Å². The van der Waals surface area contributed by atoms with Crippen LogP contribution in [0.5, 0.6) is 0 Å². The molecule has 1 aliphatic heterocycles. The van der Waals surface area contributed by atoms with Crippen molar-refractivity contribution in [2.75, 3.05) is 7.05 Å². The first-order chi connectivity index (χ1) is 14.9. The van der Waals surface area contributed by atoms with E-state index < -0.39 is 6.10 Å². The highest BCUT2D eigenvalue weighted by Gasteiger charge is 2.30. The Morgan fingerprint density at radius 3 is 2.65 bits per heavy atom. The molecule has 0 saturated carbocycles. The predicted molar refractivity (Wildman–Crippen MR) is 117 cm³/mol. The number of halogens is 1. The minimum absolute atomic E-state index is 0.116. The number of benzene rings is 2. The predicted octanol–water partition coefficient (Wildman–Crippen LogP) is 3.97. The highest BCUT2D eigenvalue weighted by atomic mass is 19.1. The van der Waals surface area contributed by atoms with Crippen LogP contribution in [0, 0.1) is 19.7 Å². The minimum atomic E-state index is -0.625. The molecule has 4 rings (SSSR count). The van der Waals surface area contributed by atoms with Crippen LogP contribution in [-0.2, 0) is 22.6 Å². The van der Waals surface area contributed by atoms with Crippen molar-refractivity contribution in [2.45, 2.75) is 39.3 Å². The number of hydrogen-bond donors (Lipinski definition) is 0. The fraction of sp³-hybridized carbons (Fsp3) is 0.292. The molecule has 0 bridgehead atoms. The third-order valence-corrected chi connectivity index (χ3v) is 5.29. The third-order valence-electron chi connectivity index (χ3n) is 5.29. The maximum atomic E-state index is 13.1. The maximum absolute atomic E-state index is 13.1. The van der Waals surface area contributed by atoms with Crippen molar-refractivity contribution in [1.29, 1.82) is 0 Å². The standard InChI is InChI=1S/C24H25FN4O2/c1-16-11-17(2)29(26-16)22-6-4-5-19(13-22)15-28(3)24(30)23-14-21(27-31-23)12-18-7-9-20(25)10-8-18/h4-11,13,23H,12,14-15H2,1-3H3/t23-/m0/s1. The second-order valence-corrected chi connectivity index (χ2v) is 7.96. The largest absolute Gasteiger partial charge is 0.382 e. The van der Waals surface area contributed by atoms with E-state index in [1.54, 1.807) is 24.1 Å². The fourth-order valence-corrected chi connectivity index (χ4v) is 3.78. The Hall–Kier alpha value is -3.48. The van der Waals surface area contributed by atoms with Gasteiger partial charge in [0, 0.05) is 32.1 Å². The number of rotatable bonds is 6. The number of amides is 1. The van der Waals surface area contributed by atoms with Crippen molar-refractivity contribution in [3.8, 4) is 5.69 Å². The maximum Gasteiger partial charge on any atom is 0.266 e. The van der Waals surface area contributed by atoms with E-state index >= 15 is 0 Å². The van der Waals surface area contributed by atoms with Crippen LogP contribution in [0.15, 0.2) is 59.8 Å². The molecule has 1 aromatic heterocycles. The summed E-state index contributed by atoms with van der Waals surface area (Å²) in [4.78, 5) is 19.9. The molecule has 0 saturated heterocycles. The number of oxime groups is 1. The molecule has 7 heteroatoms. The lowest BCUT2D eigenvalue weighted by atomic mass is 10.0. The smallest absolute Gasteiger partial charge is 0.266 e. The van der Waals surface area contributed by atoms with Gasteiger partial charge in [-0.05, 0) is 55.3 Å². The summed E-state index contributed by atoms with van der Waals surface area (Å²) < 4.78 is 15.0. The van der Waals surface area contributed by atoms with Gasteiger partial charge in [0.1, 0.15) is 5.82 Å². The van der Waals surface area contributed by atoms with Crippen molar-refractivity contribution in [1.82, 2.24) is 14.7 Å². The van der Waals surface area contributed by atoms with Crippen LogP contribution < -0.4 is 0 Å². The molecule has 31 heavy (non-hydrogen) atoms. The molecule has 2 heterocycles. The van der Waals surface area contributed by atoms with Gasteiger partial charge in [-0.25, -0.2) is 9.07 Å². The highest BCUT2D eigenvalue weighted by molar-refractivity contribution is 5.93. The first kappa shape index (κ1) is 20.8. The Morgan fingerprint density at radius 1 is 1.16 bits per heavy atom. The highest BCUT2D eigenvalue weighted by Crippen LogP contribution is 2.19. The number of nitrogens with zero attached hydrogens (tertiary/aromatic N) is 4. The second kappa shape index (κ2) is 8.71. The van der Waals surface area contributed by atoms with Gasteiger partial charge in [0.15, 0.2) is 0 Å². The molecule has 1 aliphatic rings. The first-order valence-corrected chi connectivity index (χ1v) is 10.2. The van der Waals surface area contributed by atoms with E-state index in [9.17, 15) is 9.18 Å². The van der Waals surface area contributed by atoms with E-state index in [2.05, 4.69) is 10.3 Å². The van der Waals surface area contributed by atoms with E-state index in [1.807, 2.05) is 48.9 Å². The van der Waals surface area contributed by atoms with Crippen molar-refractivity contribution in [3.05, 3.63) is 82.9 Å². The van der Waals surface area contributed by atoms with E-state index in [-0.39, 0.29) is 11.7 Å². The van der Waals surface area contributed by atoms with Gasteiger partial charge in [-0.2, -0.15) is 5.10 Å². The zero-order valence-corrected chi connectivity index (χ0v) is 17.9. The quantitative estimate of drug-likeness (QED) is 0.606.